The zero-order chi connectivity index (χ0) is 15.2. The van der Waals surface area contributed by atoms with E-state index in [0.717, 1.165) is 16.9 Å². The first-order valence-electron chi connectivity index (χ1n) is 7.13. The smallest absolute Gasteiger partial charge is 0.278 e. The summed E-state index contributed by atoms with van der Waals surface area (Å²) in [5.74, 6) is 1.51. The van der Waals surface area contributed by atoms with Crippen LogP contribution < -0.4 is 4.72 Å². The molecule has 1 aliphatic rings. The van der Waals surface area contributed by atoms with Crippen LogP contribution in [-0.2, 0) is 10.0 Å². The lowest BCUT2D eigenvalue weighted by molar-refractivity contribution is 0.405. The van der Waals surface area contributed by atoms with Gasteiger partial charge in [0.05, 0.1) is 29.2 Å². The van der Waals surface area contributed by atoms with Gasteiger partial charge in [-0.2, -0.15) is 8.42 Å². The Balaban J connectivity index is 1.65. The van der Waals surface area contributed by atoms with Crippen LogP contribution in [0.25, 0.3) is 11.0 Å². The largest absolute Gasteiger partial charge is 0.342 e. The molecule has 8 heteroatoms. The Bertz CT molecular complexity index is 910. The van der Waals surface area contributed by atoms with Crippen LogP contribution in [0.1, 0.15) is 31.0 Å². The summed E-state index contributed by atoms with van der Waals surface area (Å²) in [6.07, 6.45) is 6.18. The topological polar surface area (TPSA) is 104 Å². The number of rotatable bonds is 4. The molecule has 0 amide bonds. The van der Waals surface area contributed by atoms with Crippen LogP contribution in [0.2, 0.25) is 0 Å². The molecular formula is C14H15N5O2S. The number of hydrogen-bond donors (Lipinski definition) is 3. The summed E-state index contributed by atoms with van der Waals surface area (Å²) in [5.41, 5.74) is 2.18. The second-order valence-corrected chi connectivity index (χ2v) is 7.15. The molecule has 7 nitrogen and oxygen atoms in total. The van der Waals surface area contributed by atoms with Crippen molar-refractivity contribution in [1.29, 1.82) is 0 Å². The average molecular weight is 317 g/mol. The van der Waals surface area contributed by atoms with Gasteiger partial charge in [0.15, 0.2) is 5.03 Å². The Kier molecular flexibility index (Phi) is 2.93. The molecule has 0 bridgehead atoms. The van der Waals surface area contributed by atoms with Gasteiger partial charge < -0.3 is 9.97 Å². The number of sulfonamides is 1. The third-order valence-corrected chi connectivity index (χ3v) is 5.31. The van der Waals surface area contributed by atoms with Crippen LogP contribution in [0.5, 0.6) is 0 Å². The Morgan fingerprint density at radius 3 is 2.82 bits per heavy atom. The quantitative estimate of drug-likeness (QED) is 0.687. The highest BCUT2D eigenvalue weighted by molar-refractivity contribution is 7.92. The van der Waals surface area contributed by atoms with E-state index in [0.29, 0.717) is 11.6 Å². The summed E-state index contributed by atoms with van der Waals surface area (Å²) in [4.78, 5) is 14.2. The minimum Gasteiger partial charge on any atom is -0.342 e. The summed E-state index contributed by atoms with van der Waals surface area (Å²) >= 11 is 0. The van der Waals surface area contributed by atoms with Crippen LogP contribution in [0, 0.1) is 0 Å². The Morgan fingerprint density at radius 1 is 1.27 bits per heavy atom. The third kappa shape index (κ3) is 2.25. The number of benzene rings is 1. The molecule has 2 heterocycles. The van der Waals surface area contributed by atoms with Crippen molar-refractivity contribution >= 4 is 26.7 Å². The van der Waals surface area contributed by atoms with E-state index in [2.05, 4.69) is 24.7 Å². The highest BCUT2D eigenvalue weighted by Crippen LogP contribution is 2.35. The maximum atomic E-state index is 12.2. The predicted octanol–water partition coefficient (Wildman–Crippen LogP) is 2.35. The molecule has 22 heavy (non-hydrogen) atoms. The lowest BCUT2D eigenvalue weighted by Crippen LogP contribution is -2.13. The van der Waals surface area contributed by atoms with Crippen molar-refractivity contribution in [3.05, 3.63) is 36.5 Å². The molecule has 1 aliphatic carbocycles. The van der Waals surface area contributed by atoms with Crippen LogP contribution in [-0.4, -0.2) is 28.4 Å². The number of H-pyrrole nitrogens is 2. The van der Waals surface area contributed by atoms with Gasteiger partial charge >= 0.3 is 0 Å². The summed E-state index contributed by atoms with van der Waals surface area (Å²) in [7, 11) is -3.64. The fourth-order valence-corrected chi connectivity index (χ4v) is 3.52. The number of nitrogens with one attached hydrogen (secondary N) is 3. The standard InChI is InChI=1S/C14H15N5O2S/c20-22(21,13-7-15-8-16-13)19-10-4-5-11-12(6-10)18-14(17-11)9-2-1-3-9/h4-9,19H,1-3H2,(H,15,16)(H,17,18). The highest BCUT2D eigenvalue weighted by atomic mass is 32.2. The van der Waals surface area contributed by atoms with Crippen molar-refractivity contribution in [2.75, 3.05) is 4.72 Å². The van der Waals surface area contributed by atoms with Crippen LogP contribution >= 0.6 is 0 Å². The molecule has 2 aromatic heterocycles. The second kappa shape index (κ2) is 4.84. The predicted molar refractivity (Wildman–Crippen MR) is 82.1 cm³/mol. The van der Waals surface area contributed by atoms with Gasteiger partial charge in [0.25, 0.3) is 10.0 Å². The van der Waals surface area contributed by atoms with Gasteiger partial charge in [-0.05, 0) is 31.0 Å². The van der Waals surface area contributed by atoms with E-state index in [1.54, 1.807) is 12.1 Å². The van der Waals surface area contributed by atoms with E-state index in [4.69, 9.17) is 0 Å². The number of aromatic nitrogens is 4. The monoisotopic (exact) mass is 317 g/mol. The first-order valence-corrected chi connectivity index (χ1v) is 8.61. The molecule has 1 fully saturated rings. The molecule has 3 aromatic rings. The SMILES string of the molecule is O=S(=O)(Nc1ccc2nc(C3CCC3)[nH]c2c1)c1cnc[nH]1. The van der Waals surface area contributed by atoms with Crippen molar-refractivity contribution in [3.8, 4) is 0 Å². The van der Waals surface area contributed by atoms with Gasteiger partial charge in [-0.3, -0.25) is 4.72 Å². The number of anilines is 1. The molecule has 0 unspecified atom stereocenters. The van der Waals surface area contributed by atoms with Crippen LogP contribution in [0.15, 0.2) is 35.7 Å². The second-order valence-electron chi connectivity index (χ2n) is 5.50. The molecule has 0 radical (unpaired) electrons. The third-order valence-electron chi connectivity index (χ3n) is 4.01. The van der Waals surface area contributed by atoms with E-state index in [-0.39, 0.29) is 5.03 Å². The molecular weight excluding hydrogens is 302 g/mol. The number of hydrogen-bond acceptors (Lipinski definition) is 4. The first kappa shape index (κ1) is 13.3. The van der Waals surface area contributed by atoms with Crippen LogP contribution in [0.4, 0.5) is 5.69 Å². The fourth-order valence-electron chi connectivity index (χ4n) is 2.57. The molecule has 0 spiro atoms. The van der Waals surface area contributed by atoms with Crippen molar-refractivity contribution in [2.45, 2.75) is 30.2 Å². The van der Waals surface area contributed by atoms with Crippen molar-refractivity contribution < 1.29 is 8.42 Å². The van der Waals surface area contributed by atoms with Crippen molar-refractivity contribution in [3.63, 3.8) is 0 Å². The number of fused-ring (bicyclic) bond motifs is 1. The Labute approximate surface area is 127 Å². The van der Waals surface area contributed by atoms with Crippen molar-refractivity contribution in [2.24, 2.45) is 0 Å². The normalized spacial score (nSPS) is 15.8. The molecule has 0 saturated heterocycles. The maximum Gasteiger partial charge on any atom is 0.278 e. The maximum absolute atomic E-state index is 12.2. The Morgan fingerprint density at radius 2 is 2.14 bits per heavy atom. The average Bonchev–Trinajstić information content (AvgIpc) is 3.04. The van der Waals surface area contributed by atoms with E-state index in [9.17, 15) is 8.42 Å². The number of aromatic amines is 2. The van der Waals surface area contributed by atoms with Gasteiger partial charge in [0, 0.05) is 5.92 Å². The van der Waals surface area contributed by atoms with Crippen molar-refractivity contribution in [1.82, 2.24) is 19.9 Å². The van der Waals surface area contributed by atoms with E-state index in [1.165, 1.54) is 31.8 Å². The number of nitrogens with zero attached hydrogens (tertiary/aromatic N) is 2. The molecule has 1 saturated carbocycles. The molecule has 3 N–H and O–H groups in total. The lowest BCUT2D eigenvalue weighted by Gasteiger charge is -2.22. The highest BCUT2D eigenvalue weighted by Gasteiger charge is 2.23. The fraction of sp³-hybridized carbons (Fsp3) is 0.286. The summed E-state index contributed by atoms with van der Waals surface area (Å²) in [5, 5.41) is 0.0346. The van der Waals surface area contributed by atoms with E-state index >= 15 is 0 Å². The molecule has 114 valence electrons. The minimum atomic E-state index is -3.64. The van der Waals surface area contributed by atoms with Crippen LogP contribution in [0.3, 0.4) is 0 Å². The summed E-state index contributed by atoms with van der Waals surface area (Å²) in [6, 6.07) is 5.29. The Hall–Kier alpha value is -2.35. The molecule has 0 atom stereocenters. The summed E-state index contributed by atoms with van der Waals surface area (Å²) in [6.45, 7) is 0. The zero-order valence-electron chi connectivity index (χ0n) is 11.7. The van der Waals surface area contributed by atoms with Gasteiger partial charge in [0.1, 0.15) is 5.82 Å². The molecule has 0 aliphatic heterocycles. The van der Waals surface area contributed by atoms with Gasteiger partial charge in [-0.15, -0.1) is 0 Å². The van der Waals surface area contributed by atoms with Gasteiger partial charge in [-0.25, -0.2) is 9.97 Å². The number of imidazole rings is 2. The first-order chi connectivity index (χ1) is 10.6. The van der Waals surface area contributed by atoms with E-state index in [1.807, 2.05) is 6.07 Å². The molecule has 1 aromatic carbocycles. The lowest BCUT2D eigenvalue weighted by atomic mass is 9.85. The van der Waals surface area contributed by atoms with Gasteiger partial charge in [-0.1, -0.05) is 6.42 Å². The van der Waals surface area contributed by atoms with E-state index < -0.39 is 10.0 Å². The minimum absolute atomic E-state index is 0.0346. The molecule has 4 rings (SSSR count). The zero-order valence-corrected chi connectivity index (χ0v) is 12.5. The summed E-state index contributed by atoms with van der Waals surface area (Å²) < 4.78 is 26.9. The van der Waals surface area contributed by atoms with Gasteiger partial charge in [0.2, 0.25) is 0 Å².